The lowest BCUT2D eigenvalue weighted by molar-refractivity contribution is -0.120. The van der Waals surface area contributed by atoms with E-state index in [1.54, 1.807) is 6.07 Å². The molecule has 2 aliphatic carbocycles. The zero-order chi connectivity index (χ0) is 12.7. The number of fused-ring (bicyclic) bond motifs is 2. The average molecular weight is 310 g/mol. The Morgan fingerprint density at radius 3 is 2.83 bits per heavy atom. The van der Waals surface area contributed by atoms with Crippen molar-refractivity contribution in [3.05, 3.63) is 40.6 Å². The molecule has 1 amide bonds. The van der Waals surface area contributed by atoms with Crippen LogP contribution in [0.2, 0.25) is 0 Å². The zero-order valence-corrected chi connectivity index (χ0v) is 11.3. The summed E-state index contributed by atoms with van der Waals surface area (Å²) in [6, 6.07) is 4.30. The Balaban J connectivity index is 1.75. The van der Waals surface area contributed by atoms with Crippen LogP contribution in [0.4, 0.5) is 10.1 Å². The molecular formula is C14H13BrFNO. The summed E-state index contributed by atoms with van der Waals surface area (Å²) in [6.45, 7) is 0. The maximum absolute atomic E-state index is 13.1. The van der Waals surface area contributed by atoms with E-state index in [9.17, 15) is 9.18 Å². The lowest BCUT2D eigenvalue weighted by Gasteiger charge is -2.18. The number of carbonyl (C=O) groups is 1. The molecule has 1 saturated carbocycles. The van der Waals surface area contributed by atoms with Gasteiger partial charge < -0.3 is 5.32 Å². The van der Waals surface area contributed by atoms with Crippen LogP contribution in [0.5, 0.6) is 0 Å². The predicted octanol–water partition coefficient (Wildman–Crippen LogP) is 3.74. The smallest absolute Gasteiger partial charge is 0.228 e. The second-order valence-corrected chi connectivity index (χ2v) is 5.85. The highest BCUT2D eigenvalue weighted by molar-refractivity contribution is 9.10. The summed E-state index contributed by atoms with van der Waals surface area (Å²) in [7, 11) is 0. The van der Waals surface area contributed by atoms with Gasteiger partial charge in [0.1, 0.15) is 5.82 Å². The van der Waals surface area contributed by atoms with Crippen molar-refractivity contribution in [1.29, 1.82) is 0 Å². The lowest BCUT2D eigenvalue weighted by Crippen LogP contribution is -2.26. The topological polar surface area (TPSA) is 29.1 Å². The van der Waals surface area contributed by atoms with E-state index < -0.39 is 0 Å². The van der Waals surface area contributed by atoms with Crippen LogP contribution in [0.15, 0.2) is 34.8 Å². The minimum Gasteiger partial charge on any atom is -0.325 e. The second-order valence-electron chi connectivity index (χ2n) is 5.00. The molecule has 3 unspecified atom stereocenters. The third-order valence-corrected chi connectivity index (χ3v) is 4.49. The van der Waals surface area contributed by atoms with Gasteiger partial charge in [-0.25, -0.2) is 4.39 Å². The fraction of sp³-hybridized carbons (Fsp3) is 0.357. The Bertz CT molecular complexity index is 529. The summed E-state index contributed by atoms with van der Waals surface area (Å²) in [5, 5.41) is 2.82. The molecular weight excluding hydrogens is 297 g/mol. The molecule has 0 aliphatic heterocycles. The minimum absolute atomic E-state index is 0.00171. The van der Waals surface area contributed by atoms with Crippen molar-refractivity contribution in [1.82, 2.24) is 0 Å². The monoisotopic (exact) mass is 309 g/mol. The van der Waals surface area contributed by atoms with E-state index in [-0.39, 0.29) is 17.6 Å². The number of halogens is 2. The van der Waals surface area contributed by atoms with Gasteiger partial charge in [-0.15, -0.1) is 0 Å². The molecule has 3 rings (SSSR count). The Hall–Kier alpha value is -1.16. The number of rotatable bonds is 2. The Kier molecular flexibility index (Phi) is 2.98. The van der Waals surface area contributed by atoms with E-state index >= 15 is 0 Å². The van der Waals surface area contributed by atoms with Crippen molar-refractivity contribution in [3.8, 4) is 0 Å². The van der Waals surface area contributed by atoms with Gasteiger partial charge in [0.25, 0.3) is 0 Å². The molecule has 0 saturated heterocycles. The van der Waals surface area contributed by atoms with Crippen LogP contribution in [0.1, 0.15) is 12.8 Å². The fourth-order valence-electron chi connectivity index (χ4n) is 2.90. The quantitative estimate of drug-likeness (QED) is 0.828. The molecule has 94 valence electrons. The van der Waals surface area contributed by atoms with E-state index in [0.717, 1.165) is 12.8 Å². The van der Waals surface area contributed by atoms with Crippen molar-refractivity contribution in [2.45, 2.75) is 12.8 Å². The van der Waals surface area contributed by atoms with Crippen molar-refractivity contribution in [2.24, 2.45) is 17.8 Å². The molecule has 1 N–H and O–H groups in total. The van der Waals surface area contributed by atoms with Gasteiger partial charge in [-0.05, 0) is 58.8 Å². The first-order chi connectivity index (χ1) is 8.63. The van der Waals surface area contributed by atoms with Crippen LogP contribution in [0.3, 0.4) is 0 Å². The van der Waals surface area contributed by atoms with Gasteiger partial charge in [0.15, 0.2) is 0 Å². The van der Waals surface area contributed by atoms with Crippen LogP contribution in [-0.2, 0) is 4.79 Å². The first kappa shape index (κ1) is 11.9. The standard InChI is InChI=1S/C14H13BrFNO/c15-12-4-3-10(16)7-13(12)17-14(18)11-6-8-1-2-9(11)5-8/h1-4,7-9,11H,5-6H2,(H,17,18). The maximum Gasteiger partial charge on any atom is 0.228 e. The van der Waals surface area contributed by atoms with Crippen LogP contribution in [0.25, 0.3) is 0 Å². The number of amides is 1. The SMILES string of the molecule is O=C(Nc1cc(F)ccc1Br)C1CC2C=CC1C2. The van der Waals surface area contributed by atoms with Crippen LogP contribution in [0, 0.1) is 23.6 Å². The summed E-state index contributed by atoms with van der Waals surface area (Å²) < 4.78 is 13.8. The van der Waals surface area contributed by atoms with Crippen LogP contribution in [-0.4, -0.2) is 5.91 Å². The van der Waals surface area contributed by atoms with Gasteiger partial charge in [0, 0.05) is 10.4 Å². The largest absolute Gasteiger partial charge is 0.325 e. The van der Waals surface area contributed by atoms with Crippen molar-refractivity contribution in [3.63, 3.8) is 0 Å². The Morgan fingerprint density at radius 1 is 1.33 bits per heavy atom. The normalized spacial score (nSPS) is 28.7. The number of hydrogen-bond acceptors (Lipinski definition) is 1. The van der Waals surface area contributed by atoms with Gasteiger partial charge in [0.05, 0.1) is 5.69 Å². The average Bonchev–Trinajstić information content (AvgIpc) is 2.96. The molecule has 0 aromatic heterocycles. The predicted molar refractivity (Wildman–Crippen MR) is 71.6 cm³/mol. The number of hydrogen-bond donors (Lipinski definition) is 1. The Morgan fingerprint density at radius 2 is 2.17 bits per heavy atom. The number of carbonyl (C=O) groups excluding carboxylic acids is 1. The Labute approximate surface area is 113 Å². The van der Waals surface area contributed by atoms with Gasteiger partial charge >= 0.3 is 0 Å². The molecule has 3 atom stereocenters. The van der Waals surface area contributed by atoms with Gasteiger partial charge in [-0.2, -0.15) is 0 Å². The summed E-state index contributed by atoms with van der Waals surface area (Å²) in [6.07, 6.45) is 6.34. The number of anilines is 1. The van der Waals surface area contributed by atoms with Crippen LogP contribution < -0.4 is 5.32 Å². The van der Waals surface area contributed by atoms with Crippen molar-refractivity contribution in [2.75, 3.05) is 5.32 Å². The van der Waals surface area contributed by atoms with E-state index in [4.69, 9.17) is 0 Å². The van der Waals surface area contributed by atoms with Gasteiger partial charge in [-0.3, -0.25) is 4.79 Å². The first-order valence-electron chi connectivity index (χ1n) is 6.08. The third kappa shape index (κ3) is 2.09. The molecule has 2 bridgehead atoms. The van der Waals surface area contributed by atoms with Gasteiger partial charge in [0.2, 0.25) is 5.91 Å². The molecule has 2 nitrogen and oxygen atoms in total. The highest BCUT2D eigenvalue weighted by atomic mass is 79.9. The summed E-state index contributed by atoms with van der Waals surface area (Å²) in [4.78, 5) is 12.2. The van der Waals surface area contributed by atoms with E-state index in [1.807, 2.05) is 0 Å². The van der Waals surface area contributed by atoms with Gasteiger partial charge in [-0.1, -0.05) is 12.2 Å². The molecule has 1 aromatic rings. The molecule has 18 heavy (non-hydrogen) atoms. The van der Waals surface area contributed by atoms with E-state index in [0.29, 0.717) is 22.0 Å². The second kappa shape index (κ2) is 4.50. The highest BCUT2D eigenvalue weighted by Crippen LogP contribution is 2.44. The number of benzene rings is 1. The van der Waals surface area contributed by atoms with Crippen LogP contribution >= 0.6 is 15.9 Å². The third-order valence-electron chi connectivity index (χ3n) is 3.80. The number of allylic oxidation sites excluding steroid dienone is 2. The zero-order valence-electron chi connectivity index (χ0n) is 9.70. The van der Waals surface area contributed by atoms with Crippen molar-refractivity contribution >= 4 is 27.5 Å². The summed E-state index contributed by atoms with van der Waals surface area (Å²) in [5.41, 5.74) is 0.506. The lowest BCUT2D eigenvalue weighted by atomic mass is 9.93. The summed E-state index contributed by atoms with van der Waals surface area (Å²) >= 11 is 3.31. The first-order valence-corrected chi connectivity index (χ1v) is 6.87. The van der Waals surface area contributed by atoms with Crippen molar-refractivity contribution < 1.29 is 9.18 Å². The molecule has 4 heteroatoms. The highest BCUT2D eigenvalue weighted by Gasteiger charge is 2.39. The molecule has 0 heterocycles. The number of nitrogens with one attached hydrogen (secondary N) is 1. The molecule has 1 fully saturated rings. The molecule has 0 spiro atoms. The summed E-state index contributed by atoms with van der Waals surface area (Å²) in [5.74, 6) is 0.610. The maximum atomic E-state index is 13.1. The van der Waals surface area contributed by atoms with E-state index in [1.165, 1.54) is 12.1 Å². The molecule has 2 aliphatic rings. The molecule has 0 radical (unpaired) electrons. The van der Waals surface area contributed by atoms with E-state index in [2.05, 4.69) is 33.4 Å². The molecule has 1 aromatic carbocycles. The minimum atomic E-state index is -0.346. The fourth-order valence-corrected chi connectivity index (χ4v) is 3.25.